The molecule has 0 saturated heterocycles. The second-order valence-corrected chi connectivity index (χ2v) is 10.7. The fourth-order valence-electron chi connectivity index (χ4n) is 3.33. The molecule has 1 unspecified atom stereocenters. The summed E-state index contributed by atoms with van der Waals surface area (Å²) in [6.07, 6.45) is -0.125. The number of rotatable bonds is 6. The predicted octanol–water partition coefficient (Wildman–Crippen LogP) is 5.07. The van der Waals surface area contributed by atoms with Crippen LogP contribution in [0.15, 0.2) is 84.9 Å². The molecular formula is C24H25ClO3Si. The lowest BCUT2D eigenvalue weighted by atomic mass is 9.85. The molecule has 3 nitrogen and oxygen atoms in total. The molecule has 0 amide bonds. The van der Waals surface area contributed by atoms with Gasteiger partial charge in [-0.1, -0.05) is 93.6 Å². The van der Waals surface area contributed by atoms with Crippen molar-refractivity contribution in [3.63, 3.8) is 0 Å². The minimum absolute atomic E-state index is 0.125. The maximum Gasteiger partial charge on any atom is 0.409 e. The summed E-state index contributed by atoms with van der Waals surface area (Å²) < 4.78 is 11.8. The first-order valence-corrected chi connectivity index (χ1v) is 11.6. The lowest BCUT2D eigenvalue weighted by Gasteiger charge is -2.35. The number of benzene rings is 3. The van der Waals surface area contributed by atoms with Crippen molar-refractivity contribution in [1.82, 2.24) is 0 Å². The average molecular weight is 425 g/mol. The Morgan fingerprint density at radius 2 is 1.31 bits per heavy atom. The van der Waals surface area contributed by atoms with Crippen molar-refractivity contribution in [3.8, 4) is 5.75 Å². The Kier molecular flexibility index (Phi) is 6.90. The van der Waals surface area contributed by atoms with Crippen LogP contribution < -0.4 is 15.1 Å². The molecule has 0 spiro atoms. The predicted molar refractivity (Wildman–Crippen MR) is 121 cm³/mol. The van der Waals surface area contributed by atoms with Gasteiger partial charge in [0.15, 0.2) is 0 Å². The van der Waals surface area contributed by atoms with Gasteiger partial charge in [0.05, 0.1) is 6.10 Å². The molecule has 0 saturated carbocycles. The number of halogens is 1. The molecule has 3 aromatic rings. The summed E-state index contributed by atoms with van der Waals surface area (Å²) >= 11 is 5.31. The molecule has 0 bridgehead atoms. The lowest BCUT2D eigenvalue weighted by molar-refractivity contribution is 0.0896. The third-order valence-corrected chi connectivity index (χ3v) is 7.25. The normalized spacial score (nSPS) is 12.6. The highest BCUT2D eigenvalue weighted by Crippen LogP contribution is 2.37. The van der Waals surface area contributed by atoms with Gasteiger partial charge in [0.25, 0.3) is 0 Å². The van der Waals surface area contributed by atoms with E-state index < -0.39 is 14.5 Å². The van der Waals surface area contributed by atoms with Gasteiger partial charge in [-0.2, -0.15) is 0 Å². The van der Waals surface area contributed by atoms with Crippen LogP contribution in [0.5, 0.6) is 5.75 Å². The van der Waals surface area contributed by atoms with E-state index in [-0.39, 0.29) is 11.5 Å². The van der Waals surface area contributed by atoms with Gasteiger partial charge in [-0.05, 0) is 33.5 Å². The molecule has 0 aliphatic carbocycles. The Morgan fingerprint density at radius 3 is 1.72 bits per heavy atom. The Bertz CT molecular complexity index is 882. The summed E-state index contributed by atoms with van der Waals surface area (Å²) in [5, 5.41) is 2.47. The maximum atomic E-state index is 11.0. The molecule has 0 N–H and O–H groups in total. The molecule has 3 rings (SSSR count). The summed E-state index contributed by atoms with van der Waals surface area (Å²) in [4.78, 5) is 11.0. The van der Waals surface area contributed by atoms with Crippen molar-refractivity contribution in [2.45, 2.75) is 26.9 Å². The van der Waals surface area contributed by atoms with Gasteiger partial charge >= 0.3 is 5.43 Å². The SMILES string of the molecule is CC(C)(C)C(O[SiH](c1ccccc1)c1ccccc1)c1ccc(OC(=O)Cl)cc1. The van der Waals surface area contributed by atoms with Gasteiger partial charge in [0.2, 0.25) is 9.04 Å². The second-order valence-electron chi connectivity index (χ2n) is 7.99. The van der Waals surface area contributed by atoms with Crippen LogP contribution in [0, 0.1) is 5.41 Å². The van der Waals surface area contributed by atoms with Crippen LogP contribution in [0.2, 0.25) is 0 Å². The van der Waals surface area contributed by atoms with Crippen LogP contribution in [0.25, 0.3) is 0 Å². The molecule has 3 aromatic carbocycles. The van der Waals surface area contributed by atoms with E-state index in [9.17, 15) is 4.79 Å². The summed E-state index contributed by atoms with van der Waals surface area (Å²) in [5.41, 5.74) is 0.0673. The van der Waals surface area contributed by atoms with E-state index in [0.717, 1.165) is 5.56 Å². The molecule has 0 heterocycles. The minimum Gasteiger partial charge on any atom is -0.415 e. The van der Waals surface area contributed by atoms with Crippen LogP contribution in [0.4, 0.5) is 4.79 Å². The van der Waals surface area contributed by atoms with Crippen molar-refractivity contribution < 1.29 is 14.0 Å². The fraction of sp³-hybridized carbons (Fsp3) is 0.208. The van der Waals surface area contributed by atoms with Crippen LogP contribution in [-0.4, -0.2) is 14.5 Å². The maximum absolute atomic E-state index is 11.0. The number of carbonyl (C=O) groups excluding carboxylic acids is 1. The molecule has 0 aliphatic heterocycles. The largest absolute Gasteiger partial charge is 0.415 e. The van der Waals surface area contributed by atoms with E-state index in [0.29, 0.717) is 5.75 Å². The topological polar surface area (TPSA) is 35.5 Å². The molecule has 150 valence electrons. The highest BCUT2D eigenvalue weighted by Gasteiger charge is 2.31. The third-order valence-electron chi connectivity index (χ3n) is 4.64. The first-order chi connectivity index (χ1) is 13.8. The quantitative estimate of drug-likeness (QED) is 0.409. The van der Waals surface area contributed by atoms with E-state index in [2.05, 4.69) is 69.3 Å². The first-order valence-electron chi connectivity index (χ1n) is 9.57. The zero-order valence-electron chi connectivity index (χ0n) is 16.8. The van der Waals surface area contributed by atoms with E-state index >= 15 is 0 Å². The molecule has 29 heavy (non-hydrogen) atoms. The Morgan fingerprint density at radius 1 is 0.828 bits per heavy atom. The molecule has 1 atom stereocenters. The standard InChI is InChI=1S/C24H25ClO3Si/c1-24(2,3)22(18-14-16-19(17-15-18)27-23(25)26)28-29(20-10-6-4-7-11-20)21-12-8-5-9-13-21/h4-17,22,29H,1-3H3. The second kappa shape index (κ2) is 9.40. The van der Waals surface area contributed by atoms with Gasteiger partial charge in [-0.3, -0.25) is 0 Å². The smallest absolute Gasteiger partial charge is 0.409 e. The number of hydrogen-bond donors (Lipinski definition) is 0. The average Bonchev–Trinajstić information content (AvgIpc) is 2.69. The van der Waals surface area contributed by atoms with Gasteiger partial charge < -0.3 is 9.16 Å². The minimum atomic E-state index is -1.92. The van der Waals surface area contributed by atoms with E-state index in [1.165, 1.54) is 10.4 Å². The summed E-state index contributed by atoms with van der Waals surface area (Å²) in [5.74, 6) is 0.418. The zero-order valence-corrected chi connectivity index (χ0v) is 18.8. The van der Waals surface area contributed by atoms with Crippen LogP contribution in [-0.2, 0) is 4.43 Å². The fourth-order valence-corrected chi connectivity index (χ4v) is 6.10. The van der Waals surface area contributed by atoms with Crippen LogP contribution >= 0.6 is 11.6 Å². The molecular weight excluding hydrogens is 400 g/mol. The first kappa shape index (κ1) is 21.3. The van der Waals surface area contributed by atoms with Gasteiger partial charge in [0, 0.05) is 11.6 Å². The van der Waals surface area contributed by atoms with Gasteiger partial charge in [-0.25, -0.2) is 4.79 Å². The van der Waals surface area contributed by atoms with Gasteiger partial charge in [0.1, 0.15) is 5.75 Å². The lowest BCUT2D eigenvalue weighted by Crippen LogP contribution is -2.47. The number of carbonyl (C=O) groups is 1. The summed E-state index contributed by atoms with van der Waals surface area (Å²) in [7, 11) is -1.92. The summed E-state index contributed by atoms with van der Waals surface area (Å²) in [6, 6.07) is 28.2. The van der Waals surface area contributed by atoms with E-state index in [4.69, 9.17) is 20.8 Å². The van der Waals surface area contributed by atoms with Gasteiger partial charge in [-0.15, -0.1) is 0 Å². The molecule has 0 aromatic heterocycles. The van der Waals surface area contributed by atoms with E-state index in [1.807, 2.05) is 24.3 Å². The summed E-state index contributed by atoms with van der Waals surface area (Å²) in [6.45, 7) is 6.52. The Labute approximate surface area is 179 Å². The van der Waals surface area contributed by atoms with Crippen molar-refractivity contribution >= 4 is 36.4 Å². The third kappa shape index (κ3) is 5.79. The molecule has 5 heteroatoms. The number of hydrogen-bond acceptors (Lipinski definition) is 3. The molecule has 0 radical (unpaired) electrons. The van der Waals surface area contributed by atoms with Crippen LogP contribution in [0.1, 0.15) is 32.4 Å². The Hall–Kier alpha value is -2.40. The van der Waals surface area contributed by atoms with Crippen molar-refractivity contribution in [3.05, 3.63) is 90.5 Å². The van der Waals surface area contributed by atoms with Crippen LogP contribution in [0.3, 0.4) is 0 Å². The number of ether oxygens (including phenoxy) is 1. The van der Waals surface area contributed by atoms with E-state index in [1.54, 1.807) is 12.1 Å². The van der Waals surface area contributed by atoms with Crippen molar-refractivity contribution in [1.29, 1.82) is 0 Å². The molecule has 0 fully saturated rings. The highest BCUT2D eigenvalue weighted by molar-refractivity contribution is 6.80. The highest BCUT2D eigenvalue weighted by atomic mass is 35.5. The van der Waals surface area contributed by atoms with Crippen molar-refractivity contribution in [2.24, 2.45) is 5.41 Å². The molecule has 0 aliphatic rings. The monoisotopic (exact) mass is 424 g/mol. The zero-order chi connectivity index (χ0) is 20.9. The Balaban J connectivity index is 1.96. The van der Waals surface area contributed by atoms with Crippen molar-refractivity contribution in [2.75, 3.05) is 0 Å².